The Morgan fingerprint density at radius 3 is 2.78 bits per heavy atom. The molecule has 0 aliphatic heterocycles. The van der Waals surface area contributed by atoms with Crippen molar-refractivity contribution in [3.05, 3.63) is 33.5 Å². The second-order valence-electron chi connectivity index (χ2n) is 4.75. The van der Waals surface area contributed by atoms with E-state index in [9.17, 15) is 0 Å². The first-order valence-corrected chi connectivity index (χ1v) is 7.08. The zero-order valence-electron chi connectivity index (χ0n) is 10.2. The lowest BCUT2D eigenvalue weighted by Crippen LogP contribution is -2.15. The number of furan rings is 1. The molecule has 1 aliphatic rings. The van der Waals surface area contributed by atoms with E-state index in [-0.39, 0.29) is 0 Å². The number of nitrogens with one attached hydrogen (secondary N) is 1. The molecular weight excluding hydrogens is 269 g/mol. The van der Waals surface area contributed by atoms with E-state index in [1.54, 1.807) is 0 Å². The molecule has 1 saturated carbocycles. The van der Waals surface area contributed by atoms with Crippen molar-refractivity contribution in [2.24, 2.45) is 0 Å². The number of hydrogen-bond acceptors (Lipinski definition) is 2. The van der Waals surface area contributed by atoms with Crippen molar-refractivity contribution in [2.45, 2.75) is 38.8 Å². The third kappa shape index (κ3) is 2.13. The zero-order chi connectivity index (χ0) is 12.7. The highest BCUT2D eigenvalue weighted by molar-refractivity contribution is 6.44. The number of rotatable bonds is 4. The van der Waals surface area contributed by atoms with E-state index >= 15 is 0 Å². The summed E-state index contributed by atoms with van der Waals surface area (Å²) in [4.78, 5) is 0. The van der Waals surface area contributed by atoms with E-state index in [2.05, 4.69) is 12.2 Å². The SMILES string of the molecule is CCc1c(CNC2CC2)oc2c(Cl)c(Cl)ccc12. The number of halogens is 2. The Labute approximate surface area is 116 Å². The molecule has 1 aliphatic carbocycles. The molecule has 3 rings (SSSR count). The van der Waals surface area contributed by atoms with Gasteiger partial charge in [0.25, 0.3) is 0 Å². The summed E-state index contributed by atoms with van der Waals surface area (Å²) in [6, 6.07) is 4.49. The van der Waals surface area contributed by atoms with Crippen LogP contribution in [0, 0.1) is 0 Å². The first-order valence-electron chi connectivity index (χ1n) is 6.32. The van der Waals surface area contributed by atoms with Gasteiger partial charge in [0, 0.05) is 17.0 Å². The standard InChI is InChI=1S/C14H15Cl2NO/c1-2-9-10-5-6-11(15)13(16)14(10)18-12(9)7-17-8-3-4-8/h5-6,8,17H,2-4,7H2,1H3. The first kappa shape index (κ1) is 12.3. The van der Waals surface area contributed by atoms with Crippen molar-refractivity contribution in [1.29, 1.82) is 0 Å². The topological polar surface area (TPSA) is 25.2 Å². The van der Waals surface area contributed by atoms with Crippen molar-refractivity contribution in [3.8, 4) is 0 Å². The Morgan fingerprint density at radius 1 is 1.33 bits per heavy atom. The predicted molar refractivity (Wildman–Crippen MR) is 75.5 cm³/mol. The van der Waals surface area contributed by atoms with Crippen LogP contribution >= 0.6 is 23.2 Å². The van der Waals surface area contributed by atoms with Crippen LogP contribution in [0.5, 0.6) is 0 Å². The molecular formula is C14H15Cl2NO. The van der Waals surface area contributed by atoms with Gasteiger partial charge >= 0.3 is 0 Å². The fourth-order valence-corrected chi connectivity index (χ4v) is 2.61. The van der Waals surface area contributed by atoms with Crippen molar-refractivity contribution in [2.75, 3.05) is 0 Å². The van der Waals surface area contributed by atoms with Crippen LogP contribution in [0.4, 0.5) is 0 Å². The van der Waals surface area contributed by atoms with E-state index in [1.165, 1.54) is 18.4 Å². The van der Waals surface area contributed by atoms with Crippen LogP contribution in [0.1, 0.15) is 31.1 Å². The minimum Gasteiger partial charge on any atom is -0.458 e. The molecule has 1 aromatic heterocycles. The van der Waals surface area contributed by atoms with Gasteiger partial charge in [0.05, 0.1) is 11.6 Å². The predicted octanol–water partition coefficient (Wildman–Crippen LogP) is 4.55. The van der Waals surface area contributed by atoms with E-state index in [0.29, 0.717) is 21.7 Å². The summed E-state index contributed by atoms with van der Waals surface area (Å²) in [5.41, 5.74) is 1.95. The second kappa shape index (κ2) is 4.76. The Kier molecular flexibility index (Phi) is 3.27. The zero-order valence-corrected chi connectivity index (χ0v) is 11.7. The van der Waals surface area contributed by atoms with Crippen molar-refractivity contribution >= 4 is 34.2 Å². The summed E-state index contributed by atoms with van der Waals surface area (Å²) >= 11 is 12.2. The van der Waals surface area contributed by atoms with Crippen LogP contribution in [0.3, 0.4) is 0 Å². The molecule has 1 aromatic carbocycles. The van der Waals surface area contributed by atoms with Crippen LogP contribution in [-0.4, -0.2) is 6.04 Å². The van der Waals surface area contributed by atoms with Gasteiger partial charge in [-0.2, -0.15) is 0 Å². The van der Waals surface area contributed by atoms with Crippen molar-refractivity contribution in [3.63, 3.8) is 0 Å². The maximum atomic E-state index is 6.20. The van der Waals surface area contributed by atoms with Gasteiger partial charge in [0.2, 0.25) is 0 Å². The molecule has 0 atom stereocenters. The molecule has 18 heavy (non-hydrogen) atoms. The van der Waals surface area contributed by atoms with Gasteiger partial charge in [0.15, 0.2) is 5.58 Å². The molecule has 0 amide bonds. The number of aryl methyl sites for hydroxylation is 1. The number of fused-ring (bicyclic) bond motifs is 1. The lowest BCUT2D eigenvalue weighted by molar-refractivity contribution is 0.507. The molecule has 2 nitrogen and oxygen atoms in total. The van der Waals surface area contributed by atoms with E-state index < -0.39 is 0 Å². The van der Waals surface area contributed by atoms with Crippen molar-refractivity contribution in [1.82, 2.24) is 5.32 Å². The summed E-state index contributed by atoms with van der Waals surface area (Å²) in [7, 11) is 0. The Bertz CT molecular complexity index is 587. The number of benzene rings is 1. The van der Waals surface area contributed by atoms with Crippen LogP contribution in [0.25, 0.3) is 11.0 Å². The van der Waals surface area contributed by atoms with Gasteiger partial charge in [-0.3, -0.25) is 0 Å². The van der Waals surface area contributed by atoms with E-state index in [1.807, 2.05) is 12.1 Å². The fraction of sp³-hybridized carbons (Fsp3) is 0.429. The monoisotopic (exact) mass is 283 g/mol. The minimum atomic E-state index is 0.515. The Hall–Kier alpha value is -0.700. The van der Waals surface area contributed by atoms with Crippen molar-refractivity contribution < 1.29 is 4.42 Å². The summed E-state index contributed by atoms with van der Waals surface area (Å²) < 4.78 is 5.90. The van der Waals surface area contributed by atoms with Gasteiger partial charge in [0.1, 0.15) is 10.8 Å². The smallest absolute Gasteiger partial charge is 0.154 e. The highest BCUT2D eigenvalue weighted by Gasteiger charge is 2.22. The molecule has 1 fully saturated rings. The molecule has 1 heterocycles. The molecule has 1 N–H and O–H groups in total. The summed E-state index contributed by atoms with van der Waals surface area (Å²) in [6.45, 7) is 2.91. The van der Waals surface area contributed by atoms with Gasteiger partial charge < -0.3 is 9.73 Å². The second-order valence-corrected chi connectivity index (χ2v) is 5.54. The molecule has 0 spiro atoms. The van der Waals surface area contributed by atoms with Crippen LogP contribution in [0.2, 0.25) is 10.0 Å². The van der Waals surface area contributed by atoms with Gasteiger partial charge in [-0.15, -0.1) is 0 Å². The van der Waals surface area contributed by atoms with Crippen LogP contribution in [-0.2, 0) is 13.0 Å². The molecule has 0 radical (unpaired) electrons. The number of hydrogen-bond donors (Lipinski definition) is 1. The Morgan fingerprint density at radius 2 is 2.11 bits per heavy atom. The third-order valence-electron chi connectivity index (χ3n) is 3.42. The molecule has 4 heteroatoms. The first-order chi connectivity index (χ1) is 8.70. The average molecular weight is 284 g/mol. The molecule has 2 aromatic rings. The summed E-state index contributed by atoms with van der Waals surface area (Å²) in [5, 5.41) is 5.61. The highest BCUT2D eigenvalue weighted by Crippen LogP contribution is 2.36. The maximum Gasteiger partial charge on any atom is 0.154 e. The minimum absolute atomic E-state index is 0.515. The van der Waals surface area contributed by atoms with E-state index in [4.69, 9.17) is 27.6 Å². The lowest BCUT2D eigenvalue weighted by Gasteiger charge is -2.01. The molecule has 0 unspecified atom stereocenters. The molecule has 0 bridgehead atoms. The van der Waals surface area contributed by atoms with Gasteiger partial charge in [-0.25, -0.2) is 0 Å². The fourth-order valence-electron chi connectivity index (χ4n) is 2.26. The largest absolute Gasteiger partial charge is 0.458 e. The maximum absolute atomic E-state index is 6.20. The third-order valence-corrected chi connectivity index (χ3v) is 4.21. The summed E-state index contributed by atoms with van der Waals surface area (Å²) in [6.07, 6.45) is 3.48. The lowest BCUT2D eigenvalue weighted by atomic mass is 10.1. The van der Waals surface area contributed by atoms with E-state index in [0.717, 1.165) is 24.1 Å². The van der Waals surface area contributed by atoms with Crippen LogP contribution < -0.4 is 5.32 Å². The Balaban J connectivity index is 2.03. The van der Waals surface area contributed by atoms with Gasteiger partial charge in [-0.05, 0) is 31.4 Å². The quantitative estimate of drug-likeness (QED) is 0.890. The van der Waals surface area contributed by atoms with Gasteiger partial charge in [-0.1, -0.05) is 30.1 Å². The summed E-state index contributed by atoms with van der Waals surface area (Å²) in [5.74, 6) is 0.989. The van der Waals surface area contributed by atoms with Crippen LogP contribution in [0.15, 0.2) is 16.5 Å². The normalized spacial score (nSPS) is 15.5. The molecule has 96 valence electrons. The average Bonchev–Trinajstić information content (AvgIpc) is 3.12. The highest BCUT2D eigenvalue weighted by atomic mass is 35.5. The molecule has 0 saturated heterocycles.